The van der Waals surface area contributed by atoms with E-state index in [2.05, 4.69) is 18.9 Å². The molecule has 0 heterocycles. The van der Waals surface area contributed by atoms with Crippen molar-refractivity contribution in [2.24, 2.45) is 29.4 Å². The second-order valence-electron chi connectivity index (χ2n) is 6.74. The number of nitrogens with zero attached hydrogens (tertiary/aromatic N) is 1. The van der Waals surface area contributed by atoms with Crippen LogP contribution in [0, 0.1) is 23.7 Å². The highest BCUT2D eigenvalue weighted by atomic mass is 15.2. The van der Waals surface area contributed by atoms with E-state index in [1.165, 1.54) is 38.6 Å². The van der Waals surface area contributed by atoms with Crippen molar-refractivity contribution in [3.8, 4) is 0 Å². The van der Waals surface area contributed by atoms with Crippen LogP contribution in [0.3, 0.4) is 0 Å². The van der Waals surface area contributed by atoms with Crippen LogP contribution in [0.5, 0.6) is 0 Å². The molecule has 2 N–H and O–H groups in total. The number of rotatable bonds is 4. The molecule has 5 unspecified atom stereocenters. The number of hydrogen-bond acceptors (Lipinski definition) is 2. The van der Waals surface area contributed by atoms with E-state index < -0.39 is 0 Å². The first kappa shape index (κ1) is 11.0. The second-order valence-corrected chi connectivity index (χ2v) is 6.74. The SMILES string of the molecule is CC1CC1CN(C)C1(CN)CC2CCC1C2. The lowest BCUT2D eigenvalue weighted by Crippen LogP contribution is -2.56. The molecule has 0 spiro atoms. The zero-order valence-corrected chi connectivity index (χ0v) is 10.8. The van der Waals surface area contributed by atoms with E-state index >= 15 is 0 Å². The van der Waals surface area contributed by atoms with Crippen molar-refractivity contribution in [1.82, 2.24) is 4.90 Å². The predicted molar refractivity (Wildman–Crippen MR) is 67.1 cm³/mol. The molecule has 0 aliphatic heterocycles. The third-order valence-electron chi connectivity index (χ3n) is 5.84. The Kier molecular flexibility index (Phi) is 2.56. The Hall–Kier alpha value is -0.0800. The molecule has 2 heteroatoms. The van der Waals surface area contributed by atoms with Crippen molar-refractivity contribution in [3.05, 3.63) is 0 Å². The highest BCUT2D eigenvalue weighted by Gasteiger charge is 2.53. The summed E-state index contributed by atoms with van der Waals surface area (Å²) in [5.41, 5.74) is 6.53. The van der Waals surface area contributed by atoms with E-state index in [-0.39, 0.29) is 0 Å². The Bertz CT molecular complexity index is 278. The van der Waals surface area contributed by atoms with Gasteiger partial charge in [-0.05, 0) is 56.4 Å². The molecule has 3 aliphatic carbocycles. The lowest BCUT2D eigenvalue weighted by atomic mass is 9.79. The summed E-state index contributed by atoms with van der Waals surface area (Å²) in [5, 5.41) is 0. The molecule has 0 saturated heterocycles. The Morgan fingerprint density at radius 1 is 1.31 bits per heavy atom. The zero-order chi connectivity index (χ0) is 11.3. The van der Waals surface area contributed by atoms with Gasteiger partial charge in [-0.3, -0.25) is 4.90 Å². The van der Waals surface area contributed by atoms with Crippen LogP contribution in [0.1, 0.15) is 39.0 Å². The Labute approximate surface area is 99.6 Å². The molecule has 0 radical (unpaired) electrons. The van der Waals surface area contributed by atoms with Gasteiger partial charge < -0.3 is 5.73 Å². The van der Waals surface area contributed by atoms with Gasteiger partial charge in [-0.25, -0.2) is 0 Å². The third kappa shape index (κ3) is 1.53. The van der Waals surface area contributed by atoms with Crippen molar-refractivity contribution >= 4 is 0 Å². The number of fused-ring (bicyclic) bond motifs is 2. The van der Waals surface area contributed by atoms with Crippen LogP contribution in [0.2, 0.25) is 0 Å². The maximum Gasteiger partial charge on any atom is 0.0359 e. The van der Waals surface area contributed by atoms with Crippen LogP contribution in [-0.4, -0.2) is 30.6 Å². The fraction of sp³-hybridized carbons (Fsp3) is 1.00. The molecule has 0 aromatic carbocycles. The number of nitrogens with two attached hydrogens (primary N) is 1. The molecule has 3 aliphatic rings. The first-order chi connectivity index (χ1) is 7.65. The first-order valence-corrected chi connectivity index (χ1v) is 7.07. The average molecular weight is 222 g/mol. The van der Waals surface area contributed by atoms with Gasteiger partial charge in [0, 0.05) is 18.6 Å². The van der Waals surface area contributed by atoms with Crippen LogP contribution in [0.4, 0.5) is 0 Å². The van der Waals surface area contributed by atoms with Gasteiger partial charge in [-0.1, -0.05) is 13.3 Å². The van der Waals surface area contributed by atoms with Crippen LogP contribution in [0.25, 0.3) is 0 Å². The van der Waals surface area contributed by atoms with Crippen LogP contribution in [-0.2, 0) is 0 Å². The van der Waals surface area contributed by atoms with Gasteiger partial charge in [0.15, 0.2) is 0 Å². The highest BCUT2D eigenvalue weighted by molar-refractivity contribution is 5.08. The average Bonchev–Trinajstić information content (AvgIpc) is 2.71. The molecule has 3 rings (SSSR count). The molecule has 92 valence electrons. The Morgan fingerprint density at radius 2 is 2.06 bits per heavy atom. The zero-order valence-electron chi connectivity index (χ0n) is 10.8. The van der Waals surface area contributed by atoms with E-state index in [4.69, 9.17) is 5.73 Å². The van der Waals surface area contributed by atoms with Crippen molar-refractivity contribution in [1.29, 1.82) is 0 Å². The minimum Gasteiger partial charge on any atom is -0.329 e. The van der Waals surface area contributed by atoms with Gasteiger partial charge >= 0.3 is 0 Å². The molecule has 0 aromatic rings. The molecule has 0 aromatic heterocycles. The van der Waals surface area contributed by atoms with Crippen molar-refractivity contribution in [2.45, 2.75) is 44.6 Å². The van der Waals surface area contributed by atoms with Gasteiger partial charge in [-0.15, -0.1) is 0 Å². The molecule has 2 nitrogen and oxygen atoms in total. The number of hydrogen-bond donors (Lipinski definition) is 1. The monoisotopic (exact) mass is 222 g/mol. The van der Waals surface area contributed by atoms with Crippen LogP contribution in [0.15, 0.2) is 0 Å². The van der Waals surface area contributed by atoms with E-state index in [9.17, 15) is 0 Å². The van der Waals surface area contributed by atoms with Crippen molar-refractivity contribution in [3.63, 3.8) is 0 Å². The Balaban J connectivity index is 1.69. The van der Waals surface area contributed by atoms with Gasteiger partial charge in [0.25, 0.3) is 0 Å². The molecule has 2 bridgehead atoms. The van der Waals surface area contributed by atoms with Crippen LogP contribution >= 0.6 is 0 Å². The fourth-order valence-electron chi connectivity index (χ4n) is 4.48. The van der Waals surface area contributed by atoms with Crippen molar-refractivity contribution in [2.75, 3.05) is 20.1 Å². The van der Waals surface area contributed by atoms with E-state index in [1.54, 1.807) is 0 Å². The van der Waals surface area contributed by atoms with Gasteiger partial charge in [0.1, 0.15) is 0 Å². The van der Waals surface area contributed by atoms with Gasteiger partial charge in [-0.2, -0.15) is 0 Å². The molecular weight excluding hydrogens is 196 g/mol. The highest BCUT2D eigenvalue weighted by Crippen LogP contribution is 2.53. The summed E-state index contributed by atoms with van der Waals surface area (Å²) in [6, 6.07) is 0. The van der Waals surface area contributed by atoms with E-state index in [1.807, 2.05) is 0 Å². The summed E-state index contributed by atoms with van der Waals surface area (Å²) in [4.78, 5) is 2.64. The molecule has 0 amide bonds. The first-order valence-electron chi connectivity index (χ1n) is 7.07. The van der Waals surface area contributed by atoms with Crippen molar-refractivity contribution < 1.29 is 0 Å². The van der Waals surface area contributed by atoms with E-state index in [0.717, 1.165) is 30.2 Å². The third-order valence-corrected chi connectivity index (χ3v) is 5.84. The summed E-state index contributed by atoms with van der Waals surface area (Å²) < 4.78 is 0. The smallest absolute Gasteiger partial charge is 0.0359 e. The molecule has 3 saturated carbocycles. The quantitative estimate of drug-likeness (QED) is 0.789. The molecule has 5 atom stereocenters. The predicted octanol–water partition coefficient (Wildman–Crippen LogP) is 2.09. The van der Waals surface area contributed by atoms with Gasteiger partial charge in [0.05, 0.1) is 0 Å². The molecule has 16 heavy (non-hydrogen) atoms. The summed E-state index contributed by atoms with van der Waals surface area (Å²) >= 11 is 0. The summed E-state index contributed by atoms with van der Waals surface area (Å²) in [5.74, 6) is 3.83. The number of likely N-dealkylation sites (N-methyl/N-ethyl adjacent to an activating group) is 1. The minimum absolute atomic E-state index is 0.380. The molecule has 3 fully saturated rings. The summed E-state index contributed by atoms with van der Waals surface area (Å²) in [6.45, 7) is 4.56. The van der Waals surface area contributed by atoms with Gasteiger partial charge in [0.2, 0.25) is 0 Å². The van der Waals surface area contributed by atoms with Crippen LogP contribution < -0.4 is 5.73 Å². The maximum atomic E-state index is 6.15. The maximum absolute atomic E-state index is 6.15. The normalized spacial score (nSPS) is 50.2. The summed E-state index contributed by atoms with van der Waals surface area (Å²) in [6.07, 6.45) is 7.19. The standard InChI is InChI=1S/C14H26N2/c1-10-5-12(10)8-16(2)14(9-15)7-11-3-4-13(14)6-11/h10-13H,3-9,15H2,1-2H3. The lowest BCUT2D eigenvalue weighted by molar-refractivity contribution is 0.0606. The topological polar surface area (TPSA) is 29.3 Å². The largest absolute Gasteiger partial charge is 0.329 e. The molecular formula is C14H26N2. The minimum atomic E-state index is 0.380. The van der Waals surface area contributed by atoms with E-state index in [0.29, 0.717) is 5.54 Å². The Morgan fingerprint density at radius 3 is 2.50 bits per heavy atom. The summed E-state index contributed by atoms with van der Waals surface area (Å²) in [7, 11) is 2.33. The second kappa shape index (κ2) is 3.71. The lowest BCUT2D eigenvalue weighted by Gasteiger charge is -2.45. The fourth-order valence-corrected chi connectivity index (χ4v) is 4.48.